The molecule has 152 valence electrons. The van der Waals surface area contributed by atoms with E-state index in [-0.39, 0.29) is 0 Å². The van der Waals surface area contributed by atoms with Gasteiger partial charge in [0.25, 0.3) is 0 Å². The molecule has 0 atom stereocenters. The highest BCUT2D eigenvalue weighted by atomic mass is 32.1. The van der Waals surface area contributed by atoms with Crippen LogP contribution in [0.3, 0.4) is 0 Å². The Morgan fingerprint density at radius 3 is 2.55 bits per heavy atom. The van der Waals surface area contributed by atoms with E-state index in [9.17, 15) is 0 Å². The fourth-order valence-electron chi connectivity index (χ4n) is 4.04. The molecule has 0 N–H and O–H groups in total. The Balaban J connectivity index is 1.50. The van der Waals surface area contributed by atoms with Gasteiger partial charge in [0.05, 0.1) is 12.4 Å². The second-order valence-electron chi connectivity index (χ2n) is 8.15. The zero-order valence-corrected chi connectivity index (χ0v) is 18.5. The third-order valence-electron chi connectivity index (χ3n) is 5.82. The van der Waals surface area contributed by atoms with Gasteiger partial charge >= 0.3 is 0 Å². The highest BCUT2D eigenvalue weighted by molar-refractivity contribution is 7.71. The summed E-state index contributed by atoms with van der Waals surface area (Å²) in [5, 5.41) is 7.19. The van der Waals surface area contributed by atoms with Crippen molar-refractivity contribution in [1.29, 1.82) is 0 Å². The average molecular weight is 426 g/mol. The molecule has 3 aromatic rings. The molecule has 1 saturated heterocycles. The van der Waals surface area contributed by atoms with Crippen molar-refractivity contribution in [1.82, 2.24) is 19.2 Å². The molecule has 7 heteroatoms. The smallest absolute Gasteiger partial charge is 0.230 e. The summed E-state index contributed by atoms with van der Waals surface area (Å²) in [7, 11) is 0. The first-order valence-corrected chi connectivity index (χ1v) is 11.8. The molecule has 0 spiro atoms. The fourth-order valence-corrected chi connectivity index (χ4v) is 5.05. The number of nitrogens with zero attached hydrogens (tertiary/aromatic N) is 5. The predicted octanol–water partition coefficient (Wildman–Crippen LogP) is 5.00. The lowest BCUT2D eigenvalue weighted by molar-refractivity contribution is 0.188. The Morgan fingerprint density at radius 2 is 1.90 bits per heavy atom. The molecule has 2 aliphatic rings. The summed E-state index contributed by atoms with van der Waals surface area (Å²) < 4.78 is 4.98. The van der Waals surface area contributed by atoms with Gasteiger partial charge in [0, 0.05) is 30.6 Å². The van der Waals surface area contributed by atoms with Gasteiger partial charge in [-0.2, -0.15) is 0 Å². The number of benzene rings is 1. The van der Waals surface area contributed by atoms with Gasteiger partial charge in [0.15, 0.2) is 0 Å². The van der Waals surface area contributed by atoms with E-state index in [0.717, 1.165) is 42.7 Å². The maximum atomic E-state index is 5.95. The molecule has 0 radical (unpaired) electrons. The van der Waals surface area contributed by atoms with Crippen LogP contribution in [0.5, 0.6) is 0 Å². The molecule has 0 unspecified atom stereocenters. The Kier molecular flexibility index (Phi) is 5.28. The van der Waals surface area contributed by atoms with Crippen LogP contribution in [0.2, 0.25) is 0 Å². The number of anilines is 1. The van der Waals surface area contributed by atoms with Crippen molar-refractivity contribution < 1.29 is 0 Å². The highest BCUT2D eigenvalue weighted by Crippen LogP contribution is 2.30. The first-order chi connectivity index (χ1) is 14.2. The van der Waals surface area contributed by atoms with Crippen LogP contribution in [0.1, 0.15) is 36.1 Å². The van der Waals surface area contributed by atoms with Crippen molar-refractivity contribution in [3.8, 4) is 5.69 Å². The molecule has 1 aliphatic heterocycles. The lowest BCUT2D eigenvalue weighted by atomic mass is 10.2. The minimum Gasteiger partial charge on any atom is -0.341 e. The van der Waals surface area contributed by atoms with Crippen LogP contribution in [-0.4, -0.2) is 38.4 Å². The van der Waals surface area contributed by atoms with Crippen molar-refractivity contribution in [3.63, 3.8) is 0 Å². The van der Waals surface area contributed by atoms with Gasteiger partial charge in [-0.25, -0.2) is 4.68 Å². The van der Waals surface area contributed by atoms with Gasteiger partial charge in [-0.1, -0.05) is 23.8 Å². The van der Waals surface area contributed by atoms with Gasteiger partial charge in [0.2, 0.25) is 10.7 Å². The first-order valence-electron chi connectivity index (χ1n) is 10.5. The van der Waals surface area contributed by atoms with Gasteiger partial charge in [-0.05, 0) is 68.4 Å². The van der Waals surface area contributed by atoms with Crippen LogP contribution in [0, 0.1) is 11.7 Å². The van der Waals surface area contributed by atoms with Crippen LogP contribution in [0.15, 0.2) is 41.8 Å². The molecule has 1 saturated carbocycles. The minimum atomic E-state index is 0.652. The molecule has 1 aromatic carbocycles. The fraction of sp³-hybridized carbons (Fsp3) is 0.455. The maximum absolute atomic E-state index is 5.95. The molecule has 0 bridgehead atoms. The Morgan fingerprint density at radius 1 is 1.14 bits per heavy atom. The maximum Gasteiger partial charge on any atom is 0.230 e. The van der Waals surface area contributed by atoms with Crippen LogP contribution in [-0.2, 0) is 13.2 Å². The molecular formula is C22H27N5S2. The topological polar surface area (TPSA) is 29.2 Å². The summed E-state index contributed by atoms with van der Waals surface area (Å²) in [6.07, 6.45) is 4.99. The van der Waals surface area contributed by atoms with E-state index in [4.69, 9.17) is 17.3 Å². The standard InChI is InChI=1S/C22H27N5S2/c1-17-6-8-19(9-7-17)27-21(24-12-2-3-13-24)23-26(22(27)28)16-25(18-10-11-18)15-20-5-4-14-29-20/h4-9,14,18H,2-3,10-13,15-16H2,1H3. The molecule has 29 heavy (non-hydrogen) atoms. The third-order valence-corrected chi connectivity index (χ3v) is 7.08. The number of aromatic nitrogens is 3. The quantitative estimate of drug-likeness (QED) is 0.499. The first kappa shape index (κ1) is 19.0. The minimum absolute atomic E-state index is 0.652. The van der Waals surface area contributed by atoms with Gasteiger partial charge in [-0.3, -0.25) is 9.47 Å². The molecule has 3 heterocycles. The van der Waals surface area contributed by atoms with E-state index in [1.807, 2.05) is 16.0 Å². The lowest BCUT2D eigenvalue weighted by Gasteiger charge is -2.20. The van der Waals surface area contributed by atoms with E-state index in [1.54, 1.807) is 0 Å². The van der Waals surface area contributed by atoms with Crippen molar-refractivity contribution >= 4 is 29.5 Å². The molecule has 5 rings (SSSR count). The summed E-state index contributed by atoms with van der Waals surface area (Å²) in [5.74, 6) is 0.989. The number of rotatable bonds is 7. The molecule has 2 fully saturated rings. The van der Waals surface area contributed by atoms with Gasteiger partial charge < -0.3 is 4.90 Å². The van der Waals surface area contributed by atoms with E-state index in [0.29, 0.717) is 6.04 Å². The second-order valence-corrected chi connectivity index (χ2v) is 9.54. The normalized spacial score (nSPS) is 16.8. The number of hydrogen-bond donors (Lipinski definition) is 0. The second kappa shape index (κ2) is 8.05. The van der Waals surface area contributed by atoms with E-state index in [2.05, 4.69) is 63.1 Å². The molecule has 2 aromatic heterocycles. The highest BCUT2D eigenvalue weighted by Gasteiger charge is 2.30. The number of thiophene rings is 1. The number of aryl methyl sites for hydroxylation is 1. The summed E-state index contributed by atoms with van der Waals surface area (Å²) in [6, 6.07) is 13.6. The molecule has 0 amide bonds. The Hall–Kier alpha value is -1.96. The Labute approximate surface area is 181 Å². The zero-order chi connectivity index (χ0) is 19.8. The Bertz CT molecular complexity index is 1010. The largest absolute Gasteiger partial charge is 0.341 e. The zero-order valence-electron chi connectivity index (χ0n) is 16.8. The van der Waals surface area contributed by atoms with Crippen molar-refractivity contribution in [2.24, 2.45) is 0 Å². The summed E-state index contributed by atoms with van der Waals surface area (Å²) in [6.45, 7) is 5.95. The number of hydrogen-bond acceptors (Lipinski definition) is 5. The van der Waals surface area contributed by atoms with E-state index >= 15 is 0 Å². The summed E-state index contributed by atoms with van der Waals surface area (Å²) in [4.78, 5) is 6.32. The summed E-state index contributed by atoms with van der Waals surface area (Å²) in [5.41, 5.74) is 2.36. The predicted molar refractivity (Wildman–Crippen MR) is 121 cm³/mol. The SMILES string of the molecule is Cc1ccc(-n2c(N3CCCC3)nn(CN(Cc3cccs3)C3CC3)c2=S)cc1. The average Bonchev–Trinajstić information content (AvgIpc) is 3.09. The van der Waals surface area contributed by atoms with Crippen molar-refractivity contribution in [2.75, 3.05) is 18.0 Å². The lowest BCUT2D eigenvalue weighted by Crippen LogP contribution is -2.28. The third kappa shape index (κ3) is 4.04. The van der Waals surface area contributed by atoms with Crippen molar-refractivity contribution in [2.45, 2.75) is 51.9 Å². The van der Waals surface area contributed by atoms with Gasteiger partial charge in [-0.15, -0.1) is 16.4 Å². The van der Waals surface area contributed by atoms with Crippen LogP contribution >= 0.6 is 23.6 Å². The van der Waals surface area contributed by atoms with E-state index in [1.165, 1.54) is 36.1 Å². The molecular weight excluding hydrogens is 398 g/mol. The van der Waals surface area contributed by atoms with Crippen LogP contribution in [0.25, 0.3) is 5.69 Å². The van der Waals surface area contributed by atoms with E-state index < -0.39 is 0 Å². The van der Waals surface area contributed by atoms with Crippen LogP contribution < -0.4 is 4.90 Å². The van der Waals surface area contributed by atoms with Crippen molar-refractivity contribution in [3.05, 3.63) is 57.0 Å². The van der Waals surface area contributed by atoms with Crippen LogP contribution in [0.4, 0.5) is 5.95 Å². The van der Waals surface area contributed by atoms with Gasteiger partial charge in [0.1, 0.15) is 0 Å². The summed E-state index contributed by atoms with van der Waals surface area (Å²) >= 11 is 7.78. The molecule has 5 nitrogen and oxygen atoms in total. The monoisotopic (exact) mass is 425 g/mol. The molecule has 1 aliphatic carbocycles.